The van der Waals surface area contributed by atoms with Gasteiger partial charge in [0.2, 0.25) is 0 Å². The second-order valence-corrected chi connectivity index (χ2v) is 10.3. The van der Waals surface area contributed by atoms with Crippen molar-refractivity contribution in [1.82, 2.24) is 14.9 Å². The molecular weight excluding hydrogens is 465 g/mol. The van der Waals surface area contributed by atoms with E-state index in [1.165, 1.54) is 23.0 Å². The Hall–Kier alpha value is -3.17. The number of nitrogens with zero attached hydrogens (tertiary/aromatic N) is 2. The van der Waals surface area contributed by atoms with E-state index >= 15 is 0 Å². The topological polar surface area (TPSA) is 102 Å². The molecule has 1 amide bonds. The Kier molecular flexibility index (Phi) is 7.28. The fourth-order valence-corrected chi connectivity index (χ4v) is 4.86. The molecule has 9 heteroatoms. The summed E-state index contributed by atoms with van der Waals surface area (Å²) in [5.74, 6) is 0.0105. The molecular formula is C26H30FN5O2S. The molecule has 0 radical (unpaired) electrons. The van der Waals surface area contributed by atoms with Crippen molar-refractivity contribution >= 4 is 23.5 Å². The standard InChI is InChI=1S/C26H30FN5O2S/c1-16-20(27)14-17(24(33)30-18-8-9-18)15-21(16)32-12-11-29-23(25(32)34)31-26(2,3)19-6-4-5-7-22(19)35-13-10-28/h4-7,11-12,14-15,18H,8-10,13,28H2,1-3H3,(H,29,31)(H,30,33). The van der Waals surface area contributed by atoms with E-state index in [0.717, 1.165) is 29.1 Å². The van der Waals surface area contributed by atoms with Crippen LogP contribution < -0.4 is 21.9 Å². The lowest BCUT2D eigenvalue weighted by Crippen LogP contribution is -2.34. The van der Waals surface area contributed by atoms with Gasteiger partial charge in [-0.1, -0.05) is 18.2 Å². The Balaban J connectivity index is 1.69. The highest BCUT2D eigenvalue weighted by Crippen LogP contribution is 2.32. The van der Waals surface area contributed by atoms with Gasteiger partial charge >= 0.3 is 0 Å². The van der Waals surface area contributed by atoms with Crippen molar-refractivity contribution in [2.45, 2.75) is 50.1 Å². The smallest absolute Gasteiger partial charge is 0.297 e. The van der Waals surface area contributed by atoms with Crippen LogP contribution in [0, 0.1) is 12.7 Å². The summed E-state index contributed by atoms with van der Waals surface area (Å²) >= 11 is 1.66. The third-order valence-electron chi connectivity index (χ3n) is 5.96. The number of carbonyl (C=O) groups excluding carboxylic acids is 1. The summed E-state index contributed by atoms with van der Waals surface area (Å²) in [7, 11) is 0. The second kappa shape index (κ2) is 10.2. The van der Waals surface area contributed by atoms with Crippen LogP contribution in [0.2, 0.25) is 0 Å². The molecule has 4 rings (SSSR count). The normalized spacial score (nSPS) is 13.5. The monoisotopic (exact) mass is 495 g/mol. The van der Waals surface area contributed by atoms with Crippen molar-refractivity contribution in [3.05, 3.63) is 81.7 Å². The number of nitrogens with two attached hydrogens (primary N) is 1. The minimum absolute atomic E-state index is 0.128. The summed E-state index contributed by atoms with van der Waals surface area (Å²) in [6, 6.07) is 10.9. The lowest BCUT2D eigenvalue weighted by atomic mass is 9.94. The van der Waals surface area contributed by atoms with Crippen molar-refractivity contribution in [2.75, 3.05) is 17.6 Å². The van der Waals surface area contributed by atoms with E-state index in [4.69, 9.17) is 5.73 Å². The van der Waals surface area contributed by atoms with Crippen LogP contribution in [0.15, 0.2) is 58.5 Å². The number of hydrogen-bond acceptors (Lipinski definition) is 6. The maximum atomic E-state index is 14.8. The molecule has 35 heavy (non-hydrogen) atoms. The second-order valence-electron chi connectivity index (χ2n) is 9.18. The molecule has 0 bridgehead atoms. The number of aromatic nitrogens is 2. The largest absolute Gasteiger partial charge is 0.356 e. The minimum atomic E-state index is -0.629. The van der Waals surface area contributed by atoms with Crippen molar-refractivity contribution in [2.24, 2.45) is 5.73 Å². The number of thioether (sulfide) groups is 1. The lowest BCUT2D eigenvalue weighted by Gasteiger charge is -2.29. The van der Waals surface area contributed by atoms with E-state index in [1.54, 1.807) is 24.8 Å². The van der Waals surface area contributed by atoms with Gasteiger partial charge in [0.1, 0.15) is 5.82 Å². The number of hydrogen-bond donors (Lipinski definition) is 3. The van der Waals surface area contributed by atoms with E-state index in [-0.39, 0.29) is 28.9 Å². The van der Waals surface area contributed by atoms with Crippen LogP contribution in [0.4, 0.5) is 10.2 Å². The van der Waals surface area contributed by atoms with Gasteiger partial charge in [0.05, 0.1) is 11.2 Å². The first kappa shape index (κ1) is 24.9. The number of anilines is 1. The molecule has 0 aliphatic heterocycles. The van der Waals surface area contributed by atoms with Crippen molar-refractivity contribution < 1.29 is 9.18 Å². The molecule has 1 aromatic heterocycles. The zero-order valence-corrected chi connectivity index (χ0v) is 20.9. The molecule has 0 saturated heterocycles. The summed E-state index contributed by atoms with van der Waals surface area (Å²) in [5, 5.41) is 6.14. The first-order chi connectivity index (χ1) is 16.7. The summed E-state index contributed by atoms with van der Waals surface area (Å²) < 4.78 is 16.1. The van der Waals surface area contributed by atoms with Crippen LogP contribution in [0.25, 0.3) is 5.69 Å². The Labute approximate surface area is 208 Å². The minimum Gasteiger partial charge on any atom is -0.356 e. The molecule has 2 aromatic carbocycles. The Morgan fingerprint density at radius 3 is 2.74 bits per heavy atom. The number of halogens is 1. The SMILES string of the molecule is Cc1c(F)cc(C(=O)NC2CC2)cc1-n1ccnc(NC(C)(C)c2ccccc2SCCN)c1=O. The molecule has 0 spiro atoms. The van der Waals surface area contributed by atoms with Gasteiger partial charge in [-0.05, 0) is 57.4 Å². The van der Waals surface area contributed by atoms with Gasteiger partial charge in [0.15, 0.2) is 5.82 Å². The van der Waals surface area contributed by atoms with Crippen LogP contribution >= 0.6 is 11.8 Å². The molecule has 1 aliphatic rings. The average Bonchev–Trinajstić information content (AvgIpc) is 3.65. The van der Waals surface area contributed by atoms with Gasteiger partial charge in [-0.2, -0.15) is 0 Å². The fraction of sp³-hybridized carbons (Fsp3) is 0.346. The third kappa shape index (κ3) is 5.57. The maximum absolute atomic E-state index is 14.8. The zero-order chi connectivity index (χ0) is 25.2. The fourth-order valence-electron chi connectivity index (χ4n) is 3.87. The highest BCUT2D eigenvalue weighted by molar-refractivity contribution is 7.99. The first-order valence-corrected chi connectivity index (χ1v) is 12.6. The molecule has 184 valence electrons. The summed E-state index contributed by atoms with van der Waals surface area (Å²) in [4.78, 5) is 31.4. The maximum Gasteiger partial charge on any atom is 0.297 e. The summed E-state index contributed by atoms with van der Waals surface area (Å²) in [5.41, 5.74) is 6.39. The third-order valence-corrected chi connectivity index (χ3v) is 7.07. The molecule has 1 aliphatic carbocycles. The average molecular weight is 496 g/mol. The van der Waals surface area contributed by atoms with Gasteiger partial charge in [-0.25, -0.2) is 9.37 Å². The summed E-state index contributed by atoms with van der Waals surface area (Å²) in [6.07, 6.45) is 4.82. The Bertz CT molecular complexity index is 1300. The number of benzene rings is 2. The molecule has 1 fully saturated rings. The molecule has 4 N–H and O–H groups in total. The predicted octanol–water partition coefficient (Wildman–Crippen LogP) is 3.97. The van der Waals surface area contributed by atoms with E-state index < -0.39 is 16.9 Å². The van der Waals surface area contributed by atoms with Crippen LogP contribution in [0.5, 0.6) is 0 Å². The molecule has 1 heterocycles. The van der Waals surface area contributed by atoms with Gasteiger partial charge in [0.25, 0.3) is 11.5 Å². The first-order valence-electron chi connectivity index (χ1n) is 11.6. The van der Waals surface area contributed by atoms with Crippen molar-refractivity contribution in [3.8, 4) is 5.69 Å². The van der Waals surface area contributed by atoms with E-state index in [1.807, 2.05) is 38.1 Å². The molecule has 7 nitrogen and oxygen atoms in total. The number of amides is 1. The summed E-state index contributed by atoms with van der Waals surface area (Å²) in [6.45, 7) is 6.09. The quantitative estimate of drug-likeness (QED) is 0.388. The van der Waals surface area contributed by atoms with E-state index in [9.17, 15) is 14.0 Å². The van der Waals surface area contributed by atoms with Crippen LogP contribution in [0.3, 0.4) is 0 Å². The van der Waals surface area contributed by atoms with Gasteiger partial charge in [-0.3, -0.25) is 14.2 Å². The van der Waals surface area contributed by atoms with Gasteiger partial charge in [0, 0.05) is 46.8 Å². The van der Waals surface area contributed by atoms with Crippen molar-refractivity contribution in [3.63, 3.8) is 0 Å². The predicted molar refractivity (Wildman–Crippen MR) is 138 cm³/mol. The zero-order valence-electron chi connectivity index (χ0n) is 20.1. The lowest BCUT2D eigenvalue weighted by molar-refractivity contribution is 0.0950. The van der Waals surface area contributed by atoms with E-state index in [2.05, 4.69) is 15.6 Å². The van der Waals surface area contributed by atoms with Crippen LogP contribution in [-0.4, -0.2) is 33.8 Å². The number of nitrogens with one attached hydrogen (secondary N) is 2. The van der Waals surface area contributed by atoms with Crippen LogP contribution in [-0.2, 0) is 5.54 Å². The van der Waals surface area contributed by atoms with Crippen molar-refractivity contribution in [1.29, 1.82) is 0 Å². The van der Waals surface area contributed by atoms with Crippen LogP contribution in [0.1, 0.15) is 48.2 Å². The van der Waals surface area contributed by atoms with E-state index in [0.29, 0.717) is 12.2 Å². The Morgan fingerprint density at radius 2 is 2.03 bits per heavy atom. The molecule has 1 saturated carbocycles. The number of carbonyl (C=O) groups is 1. The highest BCUT2D eigenvalue weighted by Gasteiger charge is 2.27. The van der Waals surface area contributed by atoms with Gasteiger partial charge in [-0.15, -0.1) is 11.8 Å². The van der Waals surface area contributed by atoms with Gasteiger partial charge < -0.3 is 16.4 Å². The molecule has 0 unspecified atom stereocenters. The molecule has 0 atom stereocenters. The highest BCUT2D eigenvalue weighted by atomic mass is 32.2. The number of rotatable bonds is 9. The molecule has 3 aromatic rings. The Morgan fingerprint density at radius 1 is 1.29 bits per heavy atom.